The van der Waals surface area contributed by atoms with E-state index in [1.165, 1.54) is 0 Å². The van der Waals surface area contributed by atoms with E-state index in [1.54, 1.807) is 12.1 Å². The van der Waals surface area contributed by atoms with E-state index in [9.17, 15) is 4.79 Å². The maximum atomic E-state index is 12.0. The zero-order valence-electron chi connectivity index (χ0n) is 10.3. The van der Waals surface area contributed by atoms with Crippen molar-refractivity contribution in [2.24, 2.45) is 0 Å². The molecule has 1 rings (SSSR count). The number of nitrogens with one attached hydrogen (secondary N) is 1. The Bertz CT molecular complexity index is 414. The van der Waals surface area contributed by atoms with E-state index in [0.717, 1.165) is 12.0 Å². The quantitative estimate of drug-likeness (QED) is 0.832. The van der Waals surface area contributed by atoms with Crippen molar-refractivity contribution in [3.63, 3.8) is 0 Å². The molecule has 0 heterocycles. The molecule has 1 N–H and O–H groups in total. The van der Waals surface area contributed by atoms with Crippen molar-refractivity contribution >= 4 is 29.1 Å². The van der Waals surface area contributed by atoms with E-state index in [1.807, 2.05) is 26.8 Å². The van der Waals surface area contributed by atoms with Gasteiger partial charge in [-0.2, -0.15) is 0 Å². The Morgan fingerprint density at radius 2 is 2.12 bits per heavy atom. The first-order valence-corrected chi connectivity index (χ1v) is 6.48. The van der Waals surface area contributed by atoms with Crippen LogP contribution in [0.1, 0.15) is 36.2 Å². The number of carbonyl (C=O) groups excluding carboxylic acids is 1. The van der Waals surface area contributed by atoms with Crippen LogP contribution in [0.3, 0.4) is 0 Å². The average molecular weight is 274 g/mol. The van der Waals surface area contributed by atoms with Gasteiger partial charge in [-0.1, -0.05) is 24.6 Å². The number of hydrogen-bond donors (Lipinski definition) is 1. The number of halogens is 2. The van der Waals surface area contributed by atoms with E-state index in [0.29, 0.717) is 16.5 Å². The molecule has 0 aliphatic carbocycles. The average Bonchev–Trinajstić information content (AvgIpc) is 2.32. The Morgan fingerprint density at radius 3 is 2.59 bits per heavy atom. The van der Waals surface area contributed by atoms with Gasteiger partial charge in [-0.15, -0.1) is 11.6 Å². The van der Waals surface area contributed by atoms with Gasteiger partial charge in [0.1, 0.15) is 0 Å². The molecule has 0 aliphatic heterocycles. The molecule has 0 aromatic heterocycles. The molecule has 17 heavy (non-hydrogen) atoms. The fraction of sp³-hybridized carbons (Fsp3) is 0.462. The van der Waals surface area contributed by atoms with Gasteiger partial charge in [0.05, 0.1) is 5.54 Å². The summed E-state index contributed by atoms with van der Waals surface area (Å²) in [7, 11) is 0. The number of aryl methyl sites for hydroxylation is 1. The lowest BCUT2D eigenvalue weighted by molar-refractivity contribution is 0.0912. The number of benzene rings is 1. The minimum absolute atomic E-state index is 0.142. The number of carbonyl (C=O) groups is 1. The van der Waals surface area contributed by atoms with Crippen LogP contribution in [0.2, 0.25) is 5.02 Å². The van der Waals surface area contributed by atoms with Gasteiger partial charge in [0.25, 0.3) is 5.91 Å². The number of rotatable bonds is 4. The van der Waals surface area contributed by atoms with Gasteiger partial charge in [-0.05, 0) is 38.0 Å². The van der Waals surface area contributed by atoms with Crippen LogP contribution in [-0.4, -0.2) is 17.3 Å². The van der Waals surface area contributed by atoms with Gasteiger partial charge in [-0.25, -0.2) is 0 Å². The first-order valence-electron chi connectivity index (χ1n) is 5.56. The second-order valence-electron chi connectivity index (χ2n) is 4.47. The van der Waals surface area contributed by atoms with E-state index >= 15 is 0 Å². The molecule has 1 unspecified atom stereocenters. The van der Waals surface area contributed by atoms with Crippen LogP contribution in [-0.2, 0) is 0 Å². The molecule has 0 aliphatic rings. The van der Waals surface area contributed by atoms with E-state index in [-0.39, 0.29) is 11.4 Å². The maximum absolute atomic E-state index is 12.0. The number of hydrogen-bond acceptors (Lipinski definition) is 1. The molecule has 94 valence electrons. The van der Waals surface area contributed by atoms with Crippen LogP contribution in [0.4, 0.5) is 0 Å². The van der Waals surface area contributed by atoms with E-state index < -0.39 is 0 Å². The summed E-state index contributed by atoms with van der Waals surface area (Å²) in [6.45, 7) is 5.82. The molecule has 0 spiro atoms. The third kappa shape index (κ3) is 3.62. The summed E-state index contributed by atoms with van der Waals surface area (Å²) < 4.78 is 0. The van der Waals surface area contributed by atoms with Gasteiger partial charge in [-0.3, -0.25) is 4.79 Å². The zero-order chi connectivity index (χ0) is 13.1. The van der Waals surface area contributed by atoms with Crippen molar-refractivity contribution in [3.05, 3.63) is 34.3 Å². The summed E-state index contributed by atoms with van der Waals surface area (Å²) in [6.07, 6.45) is 0.780. The molecule has 0 fully saturated rings. The topological polar surface area (TPSA) is 29.1 Å². The molecule has 2 nitrogen and oxygen atoms in total. The highest BCUT2D eigenvalue weighted by Gasteiger charge is 2.23. The lowest BCUT2D eigenvalue weighted by Gasteiger charge is -2.27. The Labute approximate surface area is 112 Å². The highest BCUT2D eigenvalue weighted by Crippen LogP contribution is 2.18. The molecule has 0 saturated carbocycles. The molecule has 0 bridgehead atoms. The van der Waals surface area contributed by atoms with Gasteiger partial charge in [0.15, 0.2) is 0 Å². The predicted molar refractivity (Wildman–Crippen MR) is 73.1 cm³/mol. The van der Waals surface area contributed by atoms with Gasteiger partial charge < -0.3 is 5.32 Å². The minimum atomic E-state index is -0.379. The van der Waals surface area contributed by atoms with Gasteiger partial charge in [0.2, 0.25) is 0 Å². The molecular formula is C13H17Cl2NO. The van der Waals surface area contributed by atoms with Crippen LogP contribution in [0.15, 0.2) is 18.2 Å². The summed E-state index contributed by atoms with van der Waals surface area (Å²) in [6, 6.07) is 5.28. The fourth-order valence-electron chi connectivity index (χ4n) is 1.30. The molecule has 0 radical (unpaired) electrons. The Balaban J connectivity index is 2.86. The van der Waals surface area contributed by atoms with Crippen LogP contribution in [0.25, 0.3) is 0 Å². The lowest BCUT2D eigenvalue weighted by atomic mass is 10.0. The molecule has 1 aromatic rings. The molecule has 0 saturated heterocycles. The molecule has 1 amide bonds. The molecule has 4 heteroatoms. The summed E-state index contributed by atoms with van der Waals surface area (Å²) in [4.78, 5) is 12.0. The second kappa shape index (κ2) is 5.74. The van der Waals surface area contributed by atoms with E-state index in [2.05, 4.69) is 5.32 Å². The Kier molecular flexibility index (Phi) is 4.84. The minimum Gasteiger partial charge on any atom is -0.346 e. The smallest absolute Gasteiger partial charge is 0.251 e. The normalized spacial score (nSPS) is 14.2. The largest absolute Gasteiger partial charge is 0.346 e. The Hall–Kier alpha value is -0.730. The number of amides is 1. The maximum Gasteiger partial charge on any atom is 0.251 e. The van der Waals surface area contributed by atoms with Crippen LogP contribution in [0.5, 0.6) is 0 Å². The summed E-state index contributed by atoms with van der Waals surface area (Å²) in [5.74, 6) is 0.242. The summed E-state index contributed by atoms with van der Waals surface area (Å²) in [5, 5.41) is 3.53. The highest BCUT2D eigenvalue weighted by atomic mass is 35.5. The number of alkyl halides is 1. The van der Waals surface area contributed by atoms with Crippen molar-refractivity contribution in [1.29, 1.82) is 0 Å². The van der Waals surface area contributed by atoms with Crippen LogP contribution < -0.4 is 5.32 Å². The van der Waals surface area contributed by atoms with Crippen molar-refractivity contribution in [2.75, 3.05) is 5.88 Å². The van der Waals surface area contributed by atoms with Gasteiger partial charge >= 0.3 is 0 Å². The van der Waals surface area contributed by atoms with Crippen LogP contribution in [0, 0.1) is 6.92 Å². The van der Waals surface area contributed by atoms with Gasteiger partial charge in [0, 0.05) is 16.5 Å². The SMILES string of the molecule is CCC(C)(CCl)NC(=O)c1ccc(C)c(Cl)c1. The Morgan fingerprint density at radius 1 is 1.47 bits per heavy atom. The first kappa shape index (κ1) is 14.3. The monoisotopic (exact) mass is 273 g/mol. The standard InChI is InChI=1S/C13H17Cl2NO/c1-4-13(3,8-14)16-12(17)10-6-5-9(2)11(15)7-10/h5-7H,4,8H2,1-3H3,(H,16,17). The lowest BCUT2D eigenvalue weighted by Crippen LogP contribution is -2.47. The van der Waals surface area contributed by atoms with Crippen molar-refractivity contribution in [1.82, 2.24) is 5.32 Å². The third-order valence-electron chi connectivity index (χ3n) is 2.92. The molecule has 1 atom stereocenters. The van der Waals surface area contributed by atoms with Crippen molar-refractivity contribution in [2.45, 2.75) is 32.7 Å². The molecular weight excluding hydrogens is 257 g/mol. The van der Waals surface area contributed by atoms with Crippen molar-refractivity contribution in [3.8, 4) is 0 Å². The van der Waals surface area contributed by atoms with E-state index in [4.69, 9.17) is 23.2 Å². The second-order valence-corrected chi connectivity index (χ2v) is 5.14. The highest BCUT2D eigenvalue weighted by molar-refractivity contribution is 6.31. The zero-order valence-corrected chi connectivity index (χ0v) is 11.8. The van der Waals surface area contributed by atoms with Crippen LogP contribution >= 0.6 is 23.2 Å². The summed E-state index contributed by atoms with van der Waals surface area (Å²) in [5.41, 5.74) is 1.14. The predicted octanol–water partition coefficient (Wildman–Crippen LogP) is 3.79. The third-order valence-corrected chi connectivity index (χ3v) is 3.92. The fourth-order valence-corrected chi connectivity index (χ4v) is 1.73. The van der Waals surface area contributed by atoms with Crippen molar-refractivity contribution < 1.29 is 4.79 Å². The summed E-state index contributed by atoms with van der Waals surface area (Å²) >= 11 is 11.8. The first-order chi connectivity index (χ1) is 7.91. The molecule has 1 aromatic carbocycles.